The van der Waals surface area contributed by atoms with E-state index in [-0.39, 0.29) is 6.42 Å². The number of esters is 1. The van der Waals surface area contributed by atoms with Crippen molar-refractivity contribution in [2.75, 3.05) is 25.3 Å². The molecule has 0 saturated heterocycles. The first kappa shape index (κ1) is 17.3. The van der Waals surface area contributed by atoms with Crippen LogP contribution in [-0.2, 0) is 20.7 Å². The first-order valence-electron chi connectivity index (χ1n) is 7.40. The van der Waals surface area contributed by atoms with Crippen LogP contribution in [0.15, 0.2) is 48.5 Å². The highest BCUT2D eigenvalue weighted by Gasteiger charge is 2.28. The van der Waals surface area contributed by atoms with Crippen LogP contribution in [0, 0.1) is 5.92 Å². The van der Waals surface area contributed by atoms with Gasteiger partial charge in [0.2, 0.25) is 5.91 Å². The number of ether oxygens (including phenoxy) is 2. The molecule has 6 heteroatoms. The average molecular weight is 328 g/mol. The highest BCUT2D eigenvalue weighted by molar-refractivity contribution is 6.05. The van der Waals surface area contributed by atoms with Crippen molar-refractivity contribution < 1.29 is 19.1 Å². The largest absolute Gasteiger partial charge is 0.497 e. The van der Waals surface area contributed by atoms with Crippen LogP contribution in [0.5, 0.6) is 5.75 Å². The minimum absolute atomic E-state index is 0.213. The minimum atomic E-state index is -0.959. The molecule has 0 spiro atoms. The lowest BCUT2D eigenvalue weighted by Gasteiger charge is -2.15. The summed E-state index contributed by atoms with van der Waals surface area (Å²) in [6, 6.07) is 13.9. The van der Waals surface area contributed by atoms with Gasteiger partial charge in [-0.1, -0.05) is 12.1 Å². The van der Waals surface area contributed by atoms with Crippen LogP contribution in [0.1, 0.15) is 5.56 Å². The second-order valence-electron chi connectivity index (χ2n) is 5.24. The molecule has 3 N–H and O–H groups in total. The van der Waals surface area contributed by atoms with Crippen LogP contribution in [-0.4, -0.2) is 26.1 Å². The van der Waals surface area contributed by atoms with Gasteiger partial charge in [-0.2, -0.15) is 0 Å². The molecule has 1 atom stereocenters. The first-order chi connectivity index (χ1) is 11.5. The molecular weight excluding hydrogens is 308 g/mol. The van der Waals surface area contributed by atoms with Gasteiger partial charge in [-0.15, -0.1) is 0 Å². The number of nitrogens with one attached hydrogen (secondary N) is 1. The molecule has 24 heavy (non-hydrogen) atoms. The van der Waals surface area contributed by atoms with Gasteiger partial charge < -0.3 is 20.5 Å². The summed E-state index contributed by atoms with van der Waals surface area (Å²) < 4.78 is 9.93. The maximum absolute atomic E-state index is 12.5. The third-order valence-electron chi connectivity index (χ3n) is 3.55. The normalized spacial score (nSPS) is 11.4. The number of benzene rings is 2. The third kappa shape index (κ3) is 4.49. The van der Waals surface area contributed by atoms with Gasteiger partial charge in [-0.25, -0.2) is 0 Å². The van der Waals surface area contributed by atoms with Crippen LogP contribution in [0.4, 0.5) is 11.4 Å². The summed E-state index contributed by atoms with van der Waals surface area (Å²) in [6.07, 6.45) is 0.213. The minimum Gasteiger partial charge on any atom is -0.497 e. The Morgan fingerprint density at radius 2 is 1.83 bits per heavy atom. The topological polar surface area (TPSA) is 90.6 Å². The molecule has 0 saturated carbocycles. The monoisotopic (exact) mass is 328 g/mol. The number of carbonyl (C=O) groups excluding carboxylic acids is 2. The van der Waals surface area contributed by atoms with E-state index in [1.54, 1.807) is 49.6 Å². The number of hydrogen-bond acceptors (Lipinski definition) is 5. The maximum Gasteiger partial charge on any atom is 0.318 e. The Hall–Kier alpha value is -3.02. The zero-order valence-corrected chi connectivity index (χ0v) is 13.6. The number of amides is 1. The molecule has 0 radical (unpaired) electrons. The van der Waals surface area contributed by atoms with Gasteiger partial charge in [-0.05, 0) is 48.4 Å². The third-order valence-corrected chi connectivity index (χ3v) is 3.55. The Balaban J connectivity index is 2.16. The van der Waals surface area contributed by atoms with Gasteiger partial charge >= 0.3 is 5.97 Å². The molecule has 0 heterocycles. The fraction of sp³-hybridized carbons (Fsp3) is 0.222. The van der Waals surface area contributed by atoms with Crippen LogP contribution >= 0.6 is 0 Å². The number of carbonyl (C=O) groups is 2. The predicted octanol–water partition coefficient (Wildman–Crippen LogP) is 2.25. The Morgan fingerprint density at radius 3 is 2.46 bits per heavy atom. The van der Waals surface area contributed by atoms with Crippen LogP contribution < -0.4 is 15.8 Å². The number of rotatable bonds is 6. The SMILES string of the molecule is COC(=O)C(Cc1cccc(OC)c1)C(=O)Nc1ccc(N)cc1. The predicted molar refractivity (Wildman–Crippen MR) is 91.7 cm³/mol. The van der Waals surface area contributed by atoms with Crippen molar-refractivity contribution in [2.24, 2.45) is 5.92 Å². The Kier molecular flexibility index (Phi) is 5.78. The van der Waals surface area contributed by atoms with E-state index in [2.05, 4.69) is 5.32 Å². The summed E-state index contributed by atoms with van der Waals surface area (Å²) >= 11 is 0. The van der Waals surface area contributed by atoms with E-state index in [9.17, 15) is 9.59 Å². The molecule has 2 rings (SSSR count). The van der Waals surface area contributed by atoms with Crippen LogP contribution in [0.2, 0.25) is 0 Å². The van der Waals surface area contributed by atoms with Gasteiger partial charge in [-0.3, -0.25) is 9.59 Å². The van der Waals surface area contributed by atoms with E-state index in [0.717, 1.165) is 5.56 Å². The molecule has 2 aromatic rings. The molecule has 2 aromatic carbocycles. The fourth-order valence-electron chi connectivity index (χ4n) is 2.26. The molecule has 6 nitrogen and oxygen atoms in total. The van der Waals surface area contributed by atoms with E-state index in [4.69, 9.17) is 15.2 Å². The molecule has 1 unspecified atom stereocenters. The van der Waals surface area contributed by atoms with Gasteiger partial charge in [0, 0.05) is 11.4 Å². The zero-order chi connectivity index (χ0) is 17.5. The lowest BCUT2D eigenvalue weighted by Crippen LogP contribution is -2.32. The number of hydrogen-bond donors (Lipinski definition) is 2. The molecule has 0 aliphatic heterocycles. The summed E-state index contributed by atoms with van der Waals surface area (Å²) in [5.74, 6) is -1.32. The first-order valence-corrected chi connectivity index (χ1v) is 7.40. The van der Waals surface area contributed by atoms with Crippen molar-refractivity contribution in [3.8, 4) is 5.75 Å². The molecule has 0 aliphatic carbocycles. The molecule has 0 bridgehead atoms. The summed E-state index contributed by atoms with van der Waals surface area (Å²) in [7, 11) is 2.82. The summed E-state index contributed by atoms with van der Waals surface area (Å²) in [5, 5.41) is 2.71. The summed E-state index contributed by atoms with van der Waals surface area (Å²) in [5.41, 5.74) is 7.58. The standard InChI is InChI=1S/C18H20N2O4/c1-23-15-5-3-4-12(10-15)11-16(18(22)24-2)17(21)20-14-8-6-13(19)7-9-14/h3-10,16H,11,19H2,1-2H3,(H,20,21). The second-order valence-corrected chi connectivity index (χ2v) is 5.24. The van der Waals surface area contributed by atoms with Gasteiger partial charge in [0.25, 0.3) is 0 Å². The molecule has 126 valence electrons. The maximum atomic E-state index is 12.5. The molecule has 0 fully saturated rings. The van der Waals surface area contributed by atoms with Crippen molar-refractivity contribution >= 4 is 23.3 Å². The summed E-state index contributed by atoms with van der Waals surface area (Å²) in [6.45, 7) is 0. The van der Waals surface area contributed by atoms with Crippen LogP contribution in [0.3, 0.4) is 0 Å². The molecule has 0 aromatic heterocycles. The lowest BCUT2D eigenvalue weighted by atomic mass is 9.98. The van der Waals surface area contributed by atoms with Crippen molar-refractivity contribution in [1.82, 2.24) is 0 Å². The van der Waals surface area contributed by atoms with Crippen molar-refractivity contribution in [3.63, 3.8) is 0 Å². The summed E-state index contributed by atoms with van der Waals surface area (Å²) in [4.78, 5) is 24.5. The number of nitrogen functional groups attached to an aromatic ring is 1. The van der Waals surface area contributed by atoms with E-state index in [0.29, 0.717) is 17.1 Å². The Bertz CT molecular complexity index is 713. The van der Waals surface area contributed by atoms with Crippen molar-refractivity contribution in [2.45, 2.75) is 6.42 Å². The van der Waals surface area contributed by atoms with Crippen LogP contribution in [0.25, 0.3) is 0 Å². The number of nitrogens with two attached hydrogens (primary N) is 1. The second kappa shape index (κ2) is 8.01. The number of methoxy groups -OCH3 is 2. The molecule has 1 amide bonds. The highest BCUT2D eigenvalue weighted by atomic mass is 16.5. The smallest absolute Gasteiger partial charge is 0.318 e. The fourth-order valence-corrected chi connectivity index (χ4v) is 2.26. The van der Waals surface area contributed by atoms with Crippen molar-refractivity contribution in [1.29, 1.82) is 0 Å². The van der Waals surface area contributed by atoms with E-state index < -0.39 is 17.8 Å². The van der Waals surface area contributed by atoms with Crippen molar-refractivity contribution in [3.05, 3.63) is 54.1 Å². The quantitative estimate of drug-likeness (QED) is 0.482. The Morgan fingerprint density at radius 1 is 1.12 bits per heavy atom. The molecule has 0 aliphatic rings. The van der Waals surface area contributed by atoms with Gasteiger partial charge in [0.15, 0.2) is 0 Å². The number of anilines is 2. The van der Waals surface area contributed by atoms with Gasteiger partial charge in [0.05, 0.1) is 14.2 Å². The van der Waals surface area contributed by atoms with E-state index in [1.165, 1.54) is 7.11 Å². The lowest BCUT2D eigenvalue weighted by molar-refractivity contribution is -0.148. The Labute approximate surface area is 140 Å². The highest BCUT2D eigenvalue weighted by Crippen LogP contribution is 2.19. The van der Waals surface area contributed by atoms with Gasteiger partial charge in [0.1, 0.15) is 11.7 Å². The van der Waals surface area contributed by atoms with E-state index in [1.807, 2.05) is 6.07 Å². The zero-order valence-electron chi connectivity index (χ0n) is 13.6. The average Bonchev–Trinajstić information content (AvgIpc) is 2.61. The molecular formula is C18H20N2O4. The van der Waals surface area contributed by atoms with E-state index >= 15 is 0 Å².